The first kappa shape index (κ1) is 19.2. The van der Waals surface area contributed by atoms with Crippen molar-refractivity contribution in [3.05, 3.63) is 78.9 Å². The van der Waals surface area contributed by atoms with Crippen LogP contribution in [0.1, 0.15) is 6.92 Å². The number of hydrogen-bond donors (Lipinski definition) is 2. The van der Waals surface area contributed by atoms with Gasteiger partial charge in [0.05, 0.1) is 18.1 Å². The van der Waals surface area contributed by atoms with Gasteiger partial charge >= 0.3 is 0 Å². The van der Waals surface area contributed by atoms with Crippen LogP contribution in [0.25, 0.3) is 22.2 Å². The predicted molar refractivity (Wildman–Crippen MR) is 121 cm³/mol. The quantitative estimate of drug-likeness (QED) is 0.375. The van der Waals surface area contributed by atoms with Gasteiger partial charge < -0.3 is 15.0 Å². The van der Waals surface area contributed by atoms with Gasteiger partial charge in [0.1, 0.15) is 5.75 Å². The molecule has 2 N–H and O–H groups in total. The summed E-state index contributed by atoms with van der Waals surface area (Å²) in [5, 5.41) is 4.09. The molecular weight excluding hydrogens is 380 g/mol. The van der Waals surface area contributed by atoms with Crippen molar-refractivity contribution in [3.63, 3.8) is 0 Å². The highest BCUT2D eigenvalue weighted by molar-refractivity contribution is 8.00. The first-order chi connectivity index (χ1) is 14.2. The van der Waals surface area contributed by atoms with E-state index in [2.05, 4.69) is 34.6 Å². The smallest absolute Gasteiger partial charge is 0.234 e. The van der Waals surface area contributed by atoms with E-state index in [1.807, 2.05) is 61.5 Å². The van der Waals surface area contributed by atoms with E-state index in [0.717, 1.165) is 38.5 Å². The number of nitrogens with one attached hydrogen (secondary N) is 2. The molecule has 5 heteroatoms. The molecule has 4 rings (SSSR count). The van der Waals surface area contributed by atoms with E-state index >= 15 is 0 Å². The van der Waals surface area contributed by atoms with Crippen LogP contribution in [0.3, 0.4) is 0 Å². The molecule has 4 nitrogen and oxygen atoms in total. The Balaban J connectivity index is 1.51. The van der Waals surface area contributed by atoms with Crippen LogP contribution < -0.4 is 10.1 Å². The molecule has 0 atom stereocenters. The lowest BCUT2D eigenvalue weighted by molar-refractivity contribution is -0.113. The van der Waals surface area contributed by atoms with Crippen LogP contribution in [-0.4, -0.2) is 23.3 Å². The molecule has 0 spiro atoms. The molecule has 4 aromatic rings. The van der Waals surface area contributed by atoms with Crippen LogP contribution in [0.5, 0.6) is 5.75 Å². The van der Waals surface area contributed by atoms with Crippen molar-refractivity contribution in [3.8, 4) is 17.0 Å². The summed E-state index contributed by atoms with van der Waals surface area (Å²) in [6, 6.07) is 25.8. The van der Waals surface area contributed by atoms with Gasteiger partial charge in [0.2, 0.25) is 5.91 Å². The maximum atomic E-state index is 12.5. The number of benzene rings is 3. The van der Waals surface area contributed by atoms with Crippen LogP contribution >= 0.6 is 11.8 Å². The molecule has 1 heterocycles. The number of aromatic amines is 1. The van der Waals surface area contributed by atoms with Gasteiger partial charge in [-0.25, -0.2) is 0 Å². The van der Waals surface area contributed by atoms with Gasteiger partial charge in [-0.1, -0.05) is 48.5 Å². The summed E-state index contributed by atoms with van der Waals surface area (Å²) < 4.78 is 5.44. The van der Waals surface area contributed by atoms with E-state index in [0.29, 0.717) is 12.4 Å². The number of ether oxygens (including phenoxy) is 1. The molecule has 0 aliphatic heterocycles. The molecule has 0 aliphatic carbocycles. The molecule has 0 fully saturated rings. The summed E-state index contributed by atoms with van der Waals surface area (Å²) in [6.45, 7) is 2.57. The normalized spacial score (nSPS) is 10.8. The van der Waals surface area contributed by atoms with Crippen LogP contribution in [0, 0.1) is 0 Å². The monoisotopic (exact) mass is 402 g/mol. The Morgan fingerprint density at radius 1 is 0.966 bits per heavy atom. The third-order valence-corrected chi connectivity index (χ3v) is 5.64. The van der Waals surface area contributed by atoms with Crippen LogP contribution in [0.15, 0.2) is 83.8 Å². The number of aromatic nitrogens is 1. The van der Waals surface area contributed by atoms with Crippen molar-refractivity contribution in [2.24, 2.45) is 0 Å². The van der Waals surface area contributed by atoms with Gasteiger partial charge in [-0.05, 0) is 42.8 Å². The Hall–Kier alpha value is -3.18. The zero-order chi connectivity index (χ0) is 20.1. The average molecular weight is 403 g/mol. The van der Waals surface area contributed by atoms with E-state index in [1.165, 1.54) is 0 Å². The summed E-state index contributed by atoms with van der Waals surface area (Å²) in [5.41, 5.74) is 3.99. The molecule has 0 radical (unpaired) electrons. The molecule has 146 valence electrons. The second-order valence-corrected chi connectivity index (χ2v) is 7.52. The number of H-pyrrole nitrogens is 1. The van der Waals surface area contributed by atoms with Crippen molar-refractivity contribution < 1.29 is 9.53 Å². The third kappa shape index (κ3) is 4.46. The van der Waals surface area contributed by atoms with E-state index in [1.54, 1.807) is 11.8 Å². The summed E-state index contributed by atoms with van der Waals surface area (Å²) in [6.07, 6.45) is 0. The van der Waals surface area contributed by atoms with Crippen molar-refractivity contribution in [1.29, 1.82) is 0 Å². The van der Waals surface area contributed by atoms with Gasteiger partial charge in [-0.2, -0.15) is 0 Å². The summed E-state index contributed by atoms with van der Waals surface area (Å²) in [4.78, 5) is 17.1. The third-order valence-electron chi connectivity index (χ3n) is 4.52. The molecule has 1 amide bonds. The Bertz CT molecular complexity index is 1100. The Morgan fingerprint density at radius 2 is 1.69 bits per heavy atom. The second-order valence-electron chi connectivity index (χ2n) is 6.53. The number of thioether (sulfide) groups is 1. The molecule has 3 aromatic carbocycles. The second kappa shape index (κ2) is 8.88. The minimum Gasteiger partial charge on any atom is -0.494 e. The highest BCUT2D eigenvalue weighted by Crippen LogP contribution is 2.37. The average Bonchev–Trinajstić information content (AvgIpc) is 3.13. The van der Waals surface area contributed by atoms with Crippen LogP contribution in [0.4, 0.5) is 5.69 Å². The number of anilines is 1. The molecular formula is C24H22N2O2S. The molecule has 0 saturated heterocycles. The number of hydrogen-bond acceptors (Lipinski definition) is 3. The molecule has 1 aromatic heterocycles. The van der Waals surface area contributed by atoms with E-state index in [9.17, 15) is 4.79 Å². The SMILES string of the molecule is CCOc1ccc(NC(=O)CSc2c(-c3ccccc3)[nH]c3ccccc23)cc1. The zero-order valence-electron chi connectivity index (χ0n) is 16.1. The van der Waals surface area contributed by atoms with E-state index in [4.69, 9.17) is 4.74 Å². The zero-order valence-corrected chi connectivity index (χ0v) is 17.0. The van der Waals surface area contributed by atoms with Gasteiger partial charge in [-0.3, -0.25) is 4.79 Å². The summed E-state index contributed by atoms with van der Waals surface area (Å²) >= 11 is 1.55. The van der Waals surface area contributed by atoms with Gasteiger partial charge in [0.15, 0.2) is 0 Å². The topological polar surface area (TPSA) is 54.1 Å². The van der Waals surface area contributed by atoms with Crippen molar-refractivity contribution in [2.75, 3.05) is 17.7 Å². The molecule has 0 aliphatic rings. The summed E-state index contributed by atoms with van der Waals surface area (Å²) in [5.74, 6) is 1.09. The minimum atomic E-state index is -0.0385. The Labute approximate surface area is 174 Å². The predicted octanol–water partition coefficient (Wildman–Crippen LogP) is 5.96. The summed E-state index contributed by atoms with van der Waals surface area (Å²) in [7, 11) is 0. The van der Waals surface area contributed by atoms with Gasteiger partial charge in [-0.15, -0.1) is 11.8 Å². The molecule has 0 unspecified atom stereocenters. The minimum absolute atomic E-state index is 0.0385. The number of rotatable bonds is 7. The van der Waals surface area contributed by atoms with Crippen molar-refractivity contribution >= 4 is 34.3 Å². The van der Waals surface area contributed by atoms with E-state index in [-0.39, 0.29) is 5.91 Å². The maximum Gasteiger partial charge on any atom is 0.234 e. The fraction of sp³-hybridized carbons (Fsp3) is 0.125. The molecule has 29 heavy (non-hydrogen) atoms. The molecule has 0 bridgehead atoms. The number of amides is 1. The van der Waals surface area contributed by atoms with Crippen LogP contribution in [-0.2, 0) is 4.79 Å². The first-order valence-electron chi connectivity index (χ1n) is 9.56. The fourth-order valence-electron chi connectivity index (χ4n) is 3.21. The van der Waals surface area contributed by atoms with Gasteiger partial charge in [0.25, 0.3) is 0 Å². The first-order valence-corrected chi connectivity index (χ1v) is 10.5. The number of para-hydroxylation sites is 1. The lowest BCUT2D eigenvalue weighted by Gasteiger charge is -2.08. The van der Waals surface area contributed by atoms with E-state index < -0.39 is 0 Å². The Morgan fingerprint density at radius 3 is 2.45 bits per heavy atom. The fourth-order valence-corrected chi connectivity index (χ4v) is 4.20. The number of carbonyl (C=O) groups excluding carboxylic acids is 1. The maximum absolute atomic E-state index is 12.5. The lowest BCUT2D eigenvalue weighted by atomic mass is 10.1. The van der Waals surface area contributed by atoms with Crippen LogP contribution in [0.2, 0.25) is 0 Å². The standard InChI is InChI=1S/C24H22N2O2S/c1-2-28-19-14-12-18(13-15-19)25-22(27)16-29-24-20-10-6-7-11-21(20)26-23(24)17-8-4-3-5-9-17/h3-15,26H,2,16H2,1H3,(H,25,27). The Kier molecular flexibility index (Phi) is 5.86. The van der Waals surface area contributed by atoms with Crippen molar-refractivity contribution in [1.82, 2.24) is 4.98 Å². The number of carbonyl (C=O) groups is 1. The highest BCUT2D eigenvalue weighted by Gasteiger charge is 2.15. The highest BCUT2D eigenvalue weighted by atomic mass is 32.2. The molecule has 0 saturated carbocycles. The number of fused-ring (bicyclic) bond motifs is 1. The lowest BCUT2D eigenvalue weighted by Crippen LogP contribution is -2.13. The van der Waals surface area contributed by atoms with Gasteiger partial charge in [0, 0.05) is 21.5 Å². The largest absolute Gasteiger partial charge is 0.494 e. The van der Waals surface area contributed by atoms with Crippen molar-refractivity contribution in [2.45, 2.75) is 11.8 Å².